The Morgan fingerprint density at radius 1 is 0.680 bits per heavy atom. The molecule has 0 aromatic heterocycles. The summed E-state index contributed by atoms with van der Waals surface area (Å²) in [5.74, 6) is -0.473. The molecule has 3 rings (SSSR count). The summed E-state index contributed by atoms with van der Waals surface area (Å²) in [5.41, 5.74) is 0.0468. The Morgan fingerprint density at radius 2 is 1.16 bits per heavy atom. The Kier molecular flexibility index (Phi) is 4.59. The van der Waals surface area contributed by atoms with E-state index in [1.165, 1.54) is 6.92 Å². The minimum atomic E-state index is -1.82. The number of carbonyl (C=O) groups excluding carboxylic acids is 2. The van der Waals surface area contributed by atoms with Crippen molar-refractivity contribution in [2.75, 3.05) is 0 Å². The zero-order valence-corrected chi connectivity index (χ0v) is 13.8. The number of ketones is 2. The van der Waals surface area contributed by atoms with Gasteiger partial charge in [0.05, 0.1) is 0 Å². The smallest absolute Gasteiger partial charge is 0.203 e. The molecule has 0 spiro atoms. The minimum Gasteiger partial charge on any atom is -0.373 e. The second-order valence-electron chi connectivity index (χ2n) is 5.91. The number of rotatable bonds is 5. The molecule has 0 bridgehead atoms. The number of benzene rings is 3. The summed E-state index contributed by atoms with van der Waals surface area (Å²) in [6.45, 7) is 1.48. The zero-order valence-electron chi connectivity index (χ0n) is 13.8. The van der Waals surface area contributed by atoms with Crippen LogP contribution in [-0.2, 0) is 5.60 Å². The van der Waals surface area contributed by atoms with Gasteiger partial charge in [-0.05, 0) is 18.1 Å². The molecule has 0 fully saturated rings. The molecule has 0 amide bonds. The minimum absolute atomic E-state index is 0.0656. The molecule has 3 heteroatoms. The van der Waals surface area contributed by atoms with Gasteiger partial charge in [-0.2, -0.15) is 0 Å². The third-order valence-corrected chi connectivity index (χ3v) is 4.27. The van der Waals surface area contributed by atoms with E-state index in [4.69, 9.17) is 0 Å². The van der Waals surface area contributed by atoms with Gasteiger partial charge < -0.3 is 5.11 Å². The van der Waals surface area contributed by atoms with Crippen molar-refractivity contribution in [1.82, 2.24) is 0 Å². The SMILES string of the molecule is CC(=O)c1ccc(C(O)(C(=O)c2ccccc2)c2ccccc2)cc1. The third kappa shape index (κ3) is 3.14. The highest BCUT2D eigenvalue weighted by atomic mass is 16.3. The van der Waals surface area contributed by atoms with Crippen LogP contribution in [0.25, 0.3) is 0 Å². The first kappa shape index (κ1) is 16.8. The van der Waals surface area contributed by atoms with Crippen LogP contribution in [0.3, 0.4) is 0 Å². The van der Waals surface area contributed by atoms with Gasteiger partial charge in [0.25, 0.3) is 0 Å². The van der Waals surface area contributed by atoms with E-state index in [2.05, 4.69) is 0 Å². The van der Waals surface area contributed by atoms with Gasteiger partial charge in [-0.3, -0.25) is 9.59 Å². The highest BCUT2D eigenvalue weighted by molar-refractivity contribution is 6.05. The van der Waals surface area contributed by atoms with Crippen molar-refractivity contribution >= 4 is 11.6 Å². The summed E-state index contributed by atoms with van der Waals surface area (Å²) in [6.07, 6.45) is 0. The highest BCUT2D eigenvalue weighted by Crippen LogP contribution is 2.33. The van der Waals surface area contributed by atoms with E-state index in [0.29, 0.717) is 22.3 Å². The number of hydrogen-bond donors (Lipinski definition) is 1. The molecule has 3 aromatic rings. The monoisotopic (exact) mass is 330 g/mol. The van der Waals surface area contributed by atoms with E-state index in [-0.39, 0.29) is 5.78 Å². The van der Waals surface area contributed by atoms with Crippen molar-refractivity contribution in [3.8, 4) is 0 Å². The molecular weight excluding hydrogens is 312 g/mol. The molecule has 0 aliphatic rings. The maximum Gasteiger partial charge on any atom is 0.203 e. The molecule has 0 radical (unpaired) electrons. The summed E-state index contributed by atoms with van der Waals surface area (Å²) in [7, 11) is 0. The lowest BCUT2D eigenvalue weighted by Crippen LogP contribution is -2.37. The molecule has 124 valence electrons. The Hall–Kier alpha value is -3.04. The van der Waals surface area contributed by atoms with Crippen LogP contribution < -0.4 is 0 Å². The molecule has 3 nitrogen and oxygen atoms in total. The Balaban J connectivity index is 2.16. The summed E-state index contributed by atoms with van der Waals surface area (Å²) < 4.78 is 0. The van der Waals surface area contributed by atoms with Gasteiger partial charge in [0.15, 0.2) is 11.4 Å². The van der Waals surface area contributed by atoms with Crippen LogP contribution in [0, 0.1) is 0 Å². The molecule has 0 saturated heterocycles. The molecule has 3 aromatic carbocycles. The van der Waals surface area contributed by atoms with Gasteiger partial charge in [0.1, 0.15) is 0 Å². The Morgan fingerprint density at radius 3 is 1.68 bits per heavy atom. The van der Waals surface area contributed by atoms with Crippen LogP contribution in [-0.4, -0.2) is 16.7 Å². The first-order chi connectivity index (χ1) is 12.0. The molecule has 1 unspecified atom stereocenters. The zero-order chi connectivity index (χ0) is 17.9. The van der Waals surface area contributed by atoms with Crippen LogP contribution in [0.1, 0.15) is 38.8 Å². The van der Waals surface area contributed by atoms with Crippen LogP contribution in [0.4, 0.5) is 0 Å². The van der Waals surface area contributed by atoms with Crippen LogP contribution in [0.5, 0.6) is 0 Å². The van der Waals surface area contributed by atoms with E-state index in [9.17, 15) is 14.7 Å². The predicted molar refractivity (Wildman–Crippen MR) is 96.7 cm³/mol. The Bertz CT molecular complexity index is 884. The first-order valence-electron chi connectivity index (χ1n) is 8.02. The van der Waals surface area contributed by atoms with Gasteiger partial charge >= 0.3 is 0 Å². The van der Waals surface area contributed by atoms with Gasteiger partial charge in [0.2, 0.25) is 5.78 Å². The van der Waals surface area contributed by atoms with Crippen molar-refractivity contribution in [3.05, 3.63) is 107 Å². The topological polar surface area (TPSA) is 54.4 Å². The van der Waals surface area contributed by atoms with E-state index in [1.54, 1.807) is 72.8 Å². The van der Waals surface area contributed by atoms with Gasteiger partial charge in [-0.1, -0.05) is 84.9 Å². The molecule has 0 saturated carbocycles. The Labute approximate surface area is 146 Å². The average molecular weight is 330 g/mol. The molecule has 1 atom stereocenters. The predicted octanol–water partition coefficient (Wildman–Crippen LogP) is 4.01. The third-order valence-electron chi connectivity index (χ3n) is 4.27. The molecule has 0 aliphatic heterocycles. The normalized spacial score (nSPS) is 13.0. The number of Topliss-reactive ketones (excluding diaryl/α,β-unsaturated/α-hetero) is 2. The maximum absolute atomic E-state index is 13.2. The van der Waals surface area contributed by atoms with Gasteiger partial charge in [0, 0.05) is 11.1 Å². The van der Waals surface area contributed by atoms with E-state index < -0.39 is 11.4 Å². The van der Waals surface area contributed by atoms with Crippen LogP contribution in [0.15, 0.2) is 84.9 Å². The second kappa shape index (κ2) is 6.83. The van der Waals surface area contributed by atoms with Crippen molar-refractivity contribution < 1.29 is 14.7 Å². The van der Waals surface area contributed by atoms with Gasteiger partial charge in [-0.25, -0.2) is 0 Å². The summed E-state index contributed by atoms with van der Waals surface area (Å²) in [6, 6.07) is 24.1. The lowest BCUT2D eigenvalue weighted by molar-refractivity contribution is 0.0488. The molecule has 25 heavy (non-hydrogen) atoms. The second-order valence-corrected chi connectivity index (χ2v) is 5.91. The van der Waals surface area contributed by atoms with Crippen LogP contribution in [0.2, 0.25) is 0 Å². The van der Waals surface area contributed by atoms with E-state index in [0.717, 1.165) is 0 Å². The van der Waals surface area contributed by atoms with Crippen LogP contribution >= 0.6 is 0 Å². The van der Waals surface area contributed by atoms with Crippen molar-refractivity contribution in [3.63, 3.8) is 0 Å². The molecular formula is C22H18O3. The number of hydrogen-bond acceptors (Lipinski definition) is 3. The molecule has 1 N–H and O–H groups in total. The number of carbonyl (C=O) groups is 2. The van der Waals surface area contributed by atoms with Crippen molar-refractivity contribution in [2.24, 2.45) is 0 Å². The summed E-state index contributed by atoms with van der Waals surface area (Å²) >= 11 is 0. The average Bonchev–Trinajstić information content (AvgIpc) is 2.68. The lowest BCUT2D eigenvalue weighted by atomic mass is 9.80. The van der Waals surface area contributed by atoms with E-state index >= 15 is 0 Å². The largest absolute Gasteiger partial charge is 0.373 e. The molecule has 0 heterocycles. The fourth-order valence-electron chi connectivity index (χ4n) is 2.85. The standard InChI is InChI=1S/C22H18O3/c1-16(23)17-12-14-20(15-13-17)22(25,19-10-6-3-7-11-19)21(24)18-8-4-2-5-9-18/h2-15,25H,1H3. The van der Waals surface area contributed by atoms with Gasteiger partial charge in [-0.15, -0.1) is 0 Å². The quantitative estimate of drug-likeness (QED) is 0.719. The maximum atomic E-state index is 13.2. The fourth-order valence-corrected chi connectivity index (χ4v) is 2.85. The van der Waals surface area contributed by atoms with Crippen molar-refractivity contribution in [2.45, 2.75) is 12.5 Å². The summed E-state index contributed by atoms with van der Waals surface area (Å²) in [5, 5.41) is 11.5. The lowest BCUT2D eigenvalue weighted by Gasteiger charge is -2.28. The number of aliphatic hydroxyl groups is 1. The summed E-state index contributed by atoms with van der Waals surface area (Å²) in [4.78, 5) is 24.7. The molecule has 0 aliphatic carbocycles. The fraction of sp³-hybridized carbons (Fsp3) is 0.0909. The highest BCUT2D eigenvalue weighted by Gasteiger charge is 2.40. The first-order valence-corrected chi connectivity index (χ1v) is 8.02. The van der Waals surface area contributed by atoms with E-state index in [1.807, 2.05) is 12.1 Å². The van der Waals surface area contributed by atoms with Crippen molar-refractivity contribution in [1.29, 1.82) is 0 Å².